The molecule has 0 aliphatic carbocycles. The Morgan fingerprint density at radius 2 is 2.06 bits per heavy atom. The molecule has 0 spiro atoms. The Morgan fingerprint density at radius 1 is 1.33 bits per heavy atom. The Kier molecular flexibility index (Phi) is 3.74. The van der Waals surface area contributed by atoms with Crippen LogP contribution in [0.3, 0.4) is 0 Å². The third-order valence-corrected chi connectivity index (χ3v) is 2.63. The van der Waals surface area contributed by atoms with Crippen molar-refractivity contribution in [1.29, 1.82) is 0 Å². The van der Waals surface area contributed by atoms with Gasteiger partial charge in [0, 0.05) is 17.7 Å². The van der Waals surface area contributed by atoms with E-state index < -0.39 is 0 Å². The van der Waals surface area contributed by atoms with Gasteiger partial charge in [0.25, 0.3) is 5.56 Å². The zero-order valence-electron chi connectivity index (χ0n) is 10.4. The number of nitrogens with one attached hydrogen (secondary N) is 2. The van der Waals surface area contributed by atoms with Crippen LogP contribution in [0.2, 0.25) is 0 Å². The molecular weight excluding hydrogens is 230 g/mol. The van der Waals surface area contributed by atoms with E-state index in [0.29, 0.717) is 12.1 Å². The minimum atomic E-state index is -0.165. The van der Waals surface area contributed by atoms with E-state index in [4.69, 9.17) is 4.74 Å². The van der Waals surface area contributed by atoms with Crippen LogP contribution in [0.4, 0.5) is 0 Å². The Hall–Kier alpha value is -2.14. The number of aromatic nitrogens is 2. The number of ether oxygens (including phenoxy) is 1. The summed E-state index contributed by atoms with van der Waals surface area (Å²) in [5.74, 6) is 0.790. The smallest absolute Gasteiger partial charge is 0.268 e. The van der Waals surface area contributed by atoms with Crippen molar-refractivity contribution in [2.45, 2.75) is 6.54 Å². The molecule has 5 nitrogen and oxygen atoms in total. The molecule has 2 N–H and O–H groups in total. The summed E-state index contributed by atoms with van der Waals surface area (Å²) in [5.41, 5.74) is 2.17. The van der Waals surface area contributed by atoms with Gasteiger partial charge in [0.2, 0.25) is 0 Å². The Balaban J connectivity index is 2.37. The van der Waals surface area contributed by atoms with Crippen LogP contribution < -0.4 is 15.6 Å². The fraction of sp³-hybridized carbons (Fsp3) is 0.231. The first kappa shape index (κ1) is 12.3. The molecule has 0 fully saturated rings. The standard InChI is InChI=1S/C13H15N3O2/c1-14-8-10-7-12(15-16-13(10)17)9-3-5-11(18-2)6-4-9/h3-7,14H,8H2,1-2H3,(H,16,17). The molecular formula is C13H15N3O2. The van der Waals surface area contributed by atoms with E-state index in [1.165, 1.54) is 0 Å². The summed E-state index contributed by atoms with van der Waals surface area (Å²) in [7, 11) is 3.42. The molecule has 18 heavy (non-hydrogen) atoms. The van der Waals surface area contributed by atoms with Crippen LogP contribution in [0.5, 0.6) is 5.75 Å². The highest BCUT2D eigenvalue weighted by Crippen LogP contribution is 2.19. The summed E-state index contributed by atoms with van der Waals surface area (Å²) < 4.78 is 5.10. The van der Waals surface area contributed by atoms with Crippen LogP contribution in [0.1, 0.15) is 5.56 Å². The predicted octanol–water partition coefficient (Wildman–Crippen LogP) is 1.16. The molecule has 2 rings (SSSR count). The van der Waals surface area contributed by atoms with Crippen molar-refractivity contribution in [2.24, 2.45) is 0 Å². The van der Waals surface area contributed by atoms with Gasteiger partial charge in [-0.25, -0.2) is 5.10 Å². The monoisotopic (exact) mass is 245 g/mol. The number of benzene rings is 1. The second-order valence-electron chi connectivity index (χ2n) is 3.87. The average Bonchev–Trinajstić information content (AvgIpc) is 2.42. The minimum Gasteiger partial charge on any atom is -0.497 e. The average molecular weight is 245 g/mol. The zero-order valence-corrected chi connectivity index (χ0v) is 10.4. The van der Waals surface area contributed by atoms with Crippen molar-refractivity contribution in [3.63, 3.8) is 0 Å². The molecule has 5 heteroatoms. The number of rotatable bonds is 4. The first-order valence-electron chi connectivity index (χ1n) is 5.62. The van der Waals surface area contributed by atoms with Crippen LogP contribution in [0, 0.1) is 0 Å². The van der Waals surface area contributed by atoms with Gasteiger partial charge in [-0.05, 0) is 37.4 Å². The van der Waals surface area contributed by atoms with E-state index >= 15 is 0 Å². The fourth-order valence-electron chi connectivity index (χ4n) is 1.68. The molecule has 1 heterocycles. The SMILES string of the molecule is CNCc1cc(-c2ccc(OC)cc2)n[nH]c1=O. The maximum atomic E-state index is 11.5. The van der Waals surface area contributed by atoms with E-state index in [0.717, 1.165) is 17.0 Å². The second-order valence-corrected chi connectivity index (χ2v) is 3.87. The molecule has 1 aromatic heterocycles. The quantitative estimate of drug-likeness (QED) is 0.848. The summed E-state index contributed by atoms with van der Waals surface area (Å²) in [6.07, 6.45) is 0. The first-order chi connectivity index (χ1) is 8.74. The first-order valence-corrected chi connectivity index (χ1v) is 5.62. The summed E-state index contributed by atoms with van der Waals surface area (Å²) >= 11 is 0. The van der Waals surface area contributed by atoms with E-state index in [1.807, 2.05) is 24.3 Å². The number of H-pyrrole nitrogens is 1. The molecule has 2 aromatic rings. The van der Waals surface area contributed by atoms with Gasteiger partial charge in [-0.3, -0.25) is 4.79 Å². The van der Waals surface area contributed by atoms with Crippen molar-refractivity contribution in [3.05, 3.63) is 46.2 Å². The lowest BCUT2D eigenvalue weighted by atomic mass is 10.1. The van der Waals surface area contributed by atoms with Gasteiger partial charge in [0.1, 0.15) is 5.75 Å². The van der Waals surface area contributed by atoms with E-state index in [1.54, 1.807) is 20.2 Å². The van der Waals surface area contributed by atoms with Crippen molar-refractivity contribution in [1.82, 2.24) is 15.5 Å². The van der Waals surface area contributed by atoms with E-state index in [9.17, 15) is 4.79 Å². The fourth-order valence-corrected chi connectivity index (χ4v) is 1.68. The highest BCUT2D eigenvalue weighted by molar-refractivity contribution is 5.60. The summed E-state index contributed by atoms with van der Waals surface area (Å²) in [4.78, 5) is 11.5. The Bertz CT molecular complexity index is 576. The van der Waals surface area contributed by atoms with Gasteiger partial charge in [-0.2, -0.15) is 5.10 Å². The van der Waals surface area contributed by atoms with Gasteiger partial charge >= 0.3 is 0 Å². The molecule has 0 saturated heterocycles. The molecule has 0 aliphatic rings. The van der Waals surface area contributed by atoms with Crippen LogP contribution in [-0.2, 0) is 6.54 Å². The molecule has 0 radical (unpaired) electrons. The molecule has 0 bridgehead atoms. The second kappa shape index (κ2) is 5.46. The predicted molar refractivity (Wildman–Crippen MR) is 69.6 cm³/mol. The zero-order chi connectivity index (χ0) is 13.0. The normalized spacial score (nSPS) is 10.3. The number of hydrogen-bond donors (Lipinski definition) is 2. The van der Waals surface area contributed by atoms with Gasteiger partial charge < -0.3 is 10.1 Å². The Labute approximate surface area is 105 Å². The maximum absolute atomic E-state index is 11.5. The lowest BCUT2D eigenvalue weighted by molar-refractivity contribution is 0.415. The van der Waals surface area contributed by atoms with Gasteiger partial charge in [0.15, 0.2) is 0 Å². The number of hydrogen-bond acceptors (Lipinski definition) is 4. The number of aromatic amines is 1. The topological polar surface area (TPSA) is 67.0 Å². The number of nitrogens with zero attached hydrogens (tertiary/aromatic N) is 1. The van der Waals surface area contributed by atoms with Crippen LogP contribution in [0.15, 0.2) is 35.1 Å². The van der Waals surface area contributed by atoms with E-state index in [-0.39, 0.29) is 5.56 Å². The Morgan fingerprint density at radius 3 is 2.67 bits per heavy atom. The largest absolute Gasteiger partial charge is 0.497 e. The molecule has 0 amide bonds. The van der Waals surface area contributed by atoms with Crippen molar-refractivity contribution >= 4 is 0 Å². The molecule has 0 unspecified atom stereocenters. The van der Waals surface area contributed by atoms with Gasteiger partial charge in [0.05, 0.1) is 12.8 Å². The van der Waals surface area contributed by atoms with Crippen molar-refractivity contribution in [2.75, 3.05) is 14.2 Å². The van der Waals surface area contributed by atoms with Crippen molar-refractivity contribution < 1.29 is 4.74 Å². The van der Waals surface area contributed by atoms with Crippen LogP contribution in [-0.4, -0.2) is 24.4 Å². The number of methoxy groups -OCH3 is 1. The van der Waals surface area contributed by atoms with E-state index in [2.05, 4.69) is 15.5 Å². The minimum absolute atomic E-state index is 0.165. The van der Waals surface area contributed by atoms with Crippen LogP contribution >= 0.6 is 0 Å². The van der Waals surface area contributed by atoms with Gasteiger partial charge in [-0.1, -0.05) is 0 Å². The maximum Gasteiger partial charge on any atom is 0.268 e. The lowest BCUT2D eigenvalue weighted by Crippen LogP contribution is -2.19. The summed E-state index contributed by atoms with van der Waals surface area (Å²) in [5, 5.41) is 9.50. The third kappa shape index (κ3) is 2.57. The van der Waals surface area contributed by atoms with Gasteiger partial charge in [-0.15, -0.1) is 0 Å². The van der Waals surface area contributed by atoms with Crippen molar-refractivity contribution in [3.8, 4) is 17.0 Å². The molecule has 0 aliphatic heterocycles. The van der Waals surface area contributed by atoms with Crippen LogP contribution in [0.25, 0.3) is 11.3 Å². The lowest BCUT2D eigenvalue weighted by Gasteiger charge is -2.04. The molecule has 0 saturated carbocycles. The molecule has 0 atom stereocenters. The highest BCUT2D eigenvalue weighted by Gasteiger charge is 2.04. The molecule has 94 valence electrons. The highest BCUT2D eigenvalue weighted by atomic mass is 16.5. The summed E-state index contributed by atoms with van der Waals surface area (Å²) in [6.45, 7) is 0.515. The third-order valence-electron chi connectivity index (χ3n) is 2.63. The molecule has 1 aromatic carbocycles. The summed E-state index contributed by atoms with van der Waals surface area (Å²) in [6, 6.07) is 9.32.